The van der Waals surface area contributed by atoms with E-state index >= 15 is 0 Å². The highest BCUT2D eigenvalue weighted by atomic mass is 16.5. The van der Waals surface area contributed by atoms with Gasteiger partial charge in [-0.15, -0.1) is 0 Å². The average Bonchev–Trinajstić information content (AvgIpc) is 2.40. The zero-order chi connectivity index (χ0) is 12.1. The minimum atomic E-state index is -0.265. The Hall–Kier alpha value is -1.90. The molecule has 17 heavy (non-hydrogen) atoms. The van der Waals surface area contributed by atoms with Gasteiger partial charge in [0, 0.05) is 12.4 Å². The lowest BCUT2D eigenvalue weighted by Crippen LogP contribution is -2.08. The van der Waals surface area contributed by atoms with Crippen molar-refractivity contribution in [1.29, 1.82) is 0 Å². The van der Waals surface area contributed by atoms with E-state index in [4.69, 9.17) is 4.74 Å². The number of carbonyl (C=O) groups excluding carboxylic acids is 1. The fourth-order valence-corrected chi connectivity index (χ4v) is 1.86. The minimum absolute atomic E-state index is 0.265. The molecule has 0 atom stereocenters. The lowest BCUT2D eigenvalue weighted by atomic mass is 9.96. The molecule has 0 aromatic heterocycles. The number of allylic oxidation sites excluding steroid dienone is 1. The van der Waals surface area contributed by atoms with Crippen molar-refractivity contribution in [2.45, 2.75) is 19.8 Å². The molecular formula is C14H15NO2. The van der Waals surface area contributed by atoms with Crippen LogP contribution in [0.1, 0.15) is 35.7 Å². The summed E-state index contributed by atoms with van der Waals surface area (Å²) < 4.78 is 5.05. The predicted molar refractivity (Wildman–Crippen MR) is 68.1 cm³/mol. The van der Waals surface area contributed by atoms with Crippen LogP contribution in [0.25, 0.3) is 5.57 Å². The van der Waals surface area contributed by atoms with E-state index in [-0.39, 0.29) is 5.97 Å². The maximum Gasteiger partial charge on any atom is 0.338 e. The molecule has 0 aliphatic carbocycles. The van der Waals surface area contributed by atoms with Gasteiger partial charge in [0.2, 0.25) is 0 Å². The molecule has 1 aliphatic rings. The molecule has 0 radical (unpaired) electrons. The zero-order valence-electron chi connectivity index (χ0n) is 9.85. The Balaban J connectivity index is 2.36. The molecule has 3 nitrogen and oxygen atoms in total. The number of benzene rings is 1. The molecule has 0 N–H and O–H groups in total. The van der Waals surface area contributed by atoms with Gasteiger partial charge >= 0.3 is 5.97 Å². The van der Waals surface area contributed by atoms with Gasteiger partial charge in [0.1, 0.15) is 0 Å². The Labute approximate surface area is 101 Å². The summed E-state index contributed by atoms with van der Waals surface area (Å²) in [4.78, 5) is 16.0. The lowest BCUT2D eigenvalue weighted by molar-refractivity contribution is 0.0526. The van der Waals surface area contributed by atoms with Crippen molar-refractivity contribution in [2.24, 2.45) is 4.99 Å². The number of carbonyl (C=O) groups is 1. The smallest absolute Gasteiger partial charge is 0.338 e. The Bertz CT molecular complexity index is 475. The Morgan fingerprint density at radius 3 is 2.94 bits per heavy atom. The SMILES string of the molecule is CCOC(=O)c1ccccc1C1=CN=CCC1. The maximum absolute atomic E-state index is 11.8. The molecule has 3 heteroatoms. The summed E-state index contributed by atoms with van der Waals surface area (Å²) in [5.41, 5.74) is 2.65. The topological polar surface area (TPSA) is 38.7 Å². The van der Waals surface area contributed by atoms with Crippen LogP contribution in [-0.2, 0) is 4.74 Å². The fraction of sp³-hybridized carbons (Fsp3) is 0.286. The molecule has 0 saturated carbocycles. The monoisotopic (exact) mass is 229 g/mol. The van der Waals surface area contributed by atoms with E-state index in [1.54, 1.807) is 6.07 Å². The third kappa shape index (κ3) is 2.61. The van der Waals surface area contributed by atoms with Crippen molar-refractivity contribution in [1.82, 2.24) is 0 Å². The first kappa shape index (κ1) is 11.6. The van der Waals surface area contributed by atoms with Crippen molar-refractivity contribution in [3.8, 4) is 0 Å². The highest BCUT2D eigenvalue weighted by Gasteiger charge is 2.15. The molecular weight excluding hydrogens is 214 g/mol. The molecule has 0 unspecified atom stereocenters. The molecule has 1 aliphatic heterocycles. The van der Waals surface area contributed by atoms with E-state index in [0.717, 1.165) is 24.0 Å². The van der Waals surface area contributed by atoms with Crippen LogP contribution in [0.3, 0.4) is 0 Å². The summed E-state index contributed by atoms with van der Waals surface area (Å²) in [5, 5.41) is 0. The Morgan fingerprint density at radius 1 is 1.41 bits per heavy atom. The van der Waals surface area contributed by atoms with E-state index in [1.165, 1.54) is 0 Å². The second-order valence-corrected chi connectivity index (χ2v) is 3.79. The van der Waals surface area contributed by atoms with Crippen LogP contribution in [0.5, 0.6) is 0 Å². The first-order valence-electron chi connectivity index (χ1n) is 5.80. The molecule has 2 rings (SSSR count). The number of nitrogens with zero attached hydrogens (tertiary/aromatic N) is 1. The highest BCUT2D eigenvalue weighted by Crippen LogP contribution is 2.25. The summed E-state index contributed by atoms with van der Waals surface area (Å²) in [6, 6.07) is 7.52. The number of hydrogen-bond acceptors (Lipinski definition) is 3. The third-order valence-corrected chi connectivity index (χ3v) is 2.65. The number of esters is 1. The summed E-state index contributed by atoms with van der Waals surface area (Å²) in [6.07, 6.45) is 5.54. The summed E-state index contributed by atoms with van der Waals surface area (Å²) in [6.45, 7) is 2.20. The normalized spacial score (nSPS) is 14.3. The lowest BCUT2D eigenvalue weighted by Gasteiger charge is -2.12. The number of aliphatic imine (C=N–C) groups is 1. The molecule has 1 heterocycles. The number of hydrogen-bond donors (Lipinski definition) is 0. The molecule has 88 valence electrons. The van der Waals surface area contributed by atoms with E-state index in [0.29, 0.717) is 12.2 Å². The standard InChI is InChI=1S/C14H15NO2/c1-2-17-14(16)13-8-4-3-7-12(13)11-6-5-9-15-10-11/h3-4,7-10H,2,5-6H2,1H3. The molecule has 1 aromatic carbocycles. The van der Waals surface area contributed by atoms with Gasteiger partial charge in [0.05, 0.1) is 12.2 Å². The van der Waals surface area contributed by atoms with Crippen molar-refractivity contribution in [2.75, 3.05) is 6.61 Å². The van der Waals surface area contributed by atoms with Crippen LogP contribution in [0.2, 0.25) is 0 Å². The molecule has 1 aromatic rings. The minimum Gasteiger partial charge on any atom is -0.462 e. The van der Waals surface area contributed by atoms with Crippen LogP contribution in [-0.4, -0.2) is 18.8 Å². The van der Waals surface area contributed by atoms with E-state index < -0.39 is 0 Å². The third-order valence-electron chi connectivity index (χ3n) is 2.65. The molecule has 0 fully saturated rings. The van der Waals surface area contributed by atoms with Crippen LogP contribution >= 0.6 is 0 Å². The van der Waals surface area contributed by atoms with E-state index in [9.17, 15) is 4.79 Å². The quantitative estimate of drug-likeness (QED) is 0.747. The van der Waals surface area contributed by atoms with Gasteiger partial charge in [0.25, 0.3) is 0 Å². The summed E-state index contributed by atoms with van der Waals surface area (Å²) in [5.74, 6) is -0.265. The van der Waals surface area contributed by atoms with Gasteiger partial charge in [-0.2, -0.15) is 0 Å². The Kier molecular flexibility index (Phi) is 3.70. The first-order chi connectivity index (χ1) is 8.33. The van der Waals surface area contributed by atoms with Gasteiger partial charge in [-0.25, -0.2) is 4.79 Å². The number of rotatable bonds is 3. The zero-order valence-corrected chi connectivity index (χ0v) is 9.85. The Morgan fingerprint density at radius 2 is 2.24 bits per heavy atom. The van der Waals surface area contributed by atoms with Crippen LogP contribution in [0, 0.1) is 0 Å². The first-order valence-corrected chi connectivity index (χ1v) is 5.80. The number of ether oxygens (including phenoxy) is 1. The largest absolute Gasteiger partial charge is 0.462 e. The van der Waals surface area contributed by atoms with Gasteiger partial charge in [0.15, 0.2) is 0 Å². The van der Waals surface area contributed by atoms with Gasteiger partial charge in [-0.1, -0.05) is 18.2 Å². The molecule has 0 saturated heterocycles. The van der Waals surface area contributed by atoms with Gasteiger partial charge in [-0.05, 0) is 37.0 Å². The second kappa shape index (κ2) is 5.43. The molecule has 0 bridgehead atoms. The van der Waals surface area contributed by atoms with E-state index in [2.05, 4.69) is 4.99 Å². The van der Waals surface area contributed by atoms with Crippen LogP contribution in [0.4, 0.5) is 0 Å². The summed E-state index contributed by atoms with van der Waals surface area (Å²) >= 11 is 0. The fourth-order valence-electron chi connectivity index (χ4n) is 1.86. The second-order valence-electron chi connectivity index (χ2n) is 3.79. The van der Waals surface area contributed by atoms with Crippen LogP contribution in [0.15, 0.2) is 35.5 Å². The molecule has 0 spiro atoms. The molecule has 0 amide bonds. The van der Waals surface area contributed by atoms with Crippen LogP contribution < -0.4 is 0 Å². The van der Waals surface area contributed by atoms with Crippen molar-refractivity contribution >= 4 is 17.8 Å². The average molecular weight is 229 g/mol. The van der Waals surface area contributed by atoms with Gasteiger partial charge < -0.3 is 4.74 Å². The van der Waals surface area contributed by atoms with Crippen molar-refractivity contribution in [3.05, 3.63) is 41.6 Å². The highest BCUT2D eigenvalue weighted by molar-refractivity contribution is 5.96. The van der Waals surface area contributed by atoms with E-state index in [1.807, 2.05) is 37.5 Å². The summed E-state index contributed by atoms with van der Waals surface area (Å²) in [7, 11) is 0. The van der Waals surface area contributed by atoms with Gasteiger partial charge in [-0.3, -0.25) is 4.99 Å². The maximum atomic E-state index is 11.8. The van der Waals surface area contributed by atoms with Crippen molar-refractivity contribution < 1.29 is 9.53 Å². The van der Waals surface area contributed by atoms with Crippen molar-refractivity contribution in [3.63, 3.8) is 0 Å². The predicted octanol–water partition coefficient (Wildman–Crippen LogP) is 3.07.